The van der Waals surface area contributed by atoms with Gasteiger partial charge in [-0.2, -0.15) is 0 Å². The molecule has 32 heavy (non-hydrogen) atoms. The molecule has 0 saturated heterocycles. The van der Waals surface area contributed by atoms with Crippen molar-refractivity contribution in [3.05, 3.63) is 47.0 Å². The number of anilines is 1. The SMILES string of the molecule is CC(C)c1cc2c(cc1C(C)(C)C)NC(CC(C)(C)c1oc3c[nH]cc3c1C(C)(C)C)S2. The number of hydrogen-bond donors (Lipinski definition) is 2. The first-order valence-electron chi connectivity index (χ1n) is 11.9. The largest absolute Gasteiger partial charge is 0.459 e. The number of furan rings is 1. The van der Waals surface area contributed by atoms with Crippen molar-refractivity contribution in [3.8, 4) is 0 Å². The van der Waals surface area contributed by atoms with Crippen LogP contribution in [0.1, 0.15) is 104 Å². The second kappa shape index (κ2) is 7.62. The van der Waals surface area contributed by atoms with Gasteiger partial charge in [0, 0.05) is 39.3 Å². The molecule has 1 aromatic carbocycles. The fraction of sp³-hybridized carbons (Fsp3) is 0.571. The quantitative estimate of drug-likeness (QED) is 0.416. The summed E-state index contributed by atoms with van der Waals surface area (Å²) in [6, 6.07) is 4.84. The minimum Gasteiger partial charge on any atom is -0.459 e. The van der Waals surface area contributed by atoms with Gasteiger partial charge >= 0.3 is 0 Å². The van der Waals surface area contributed by atoms with E-state index in [1.165, 1.54) is 32.7 Å². The summed E-state index contributed by atoms with van der Waals surface area (Å²) < 4.78 is 6.46. The van der Waals surface area contributed by atoms with Gasteiger partial charge in [-0.15, -0.1) is 0 Å². The molecule has 0 spiro atoms. The Hall–Kier alpha value is -1.81. The molecule has 1 aliphatic rings. The summed E-state index contributed by atoms with van der Waals surface area (Å²) >= 11 is 1.97. The van der Waals surface area contributed by atoms with Crippen LogP contribution in [0.2, 0.25) is 0 Å². The van der Waals surface area contributed by atoms with Crippen molar-refractivity contribution < 1.29 is 4.42 Å². The molecule has 3 nitrogen and oxygen atoms in total. The van der Waals surface area contributed by atoms with E-state index in [9.17, 15) is 0 Å². The van der Waals surface area contributed by atoms with Crippen LogP contribution in [0.15, 0.2) is 33.8 Å². The minimum absolute atomic E-state index is 0.0209. The molecule has 1 unspecified atom stereocenters. The first-order chi connectivity index (χ1) is 14.7. The summed E-state index contributed by atoms with van der Waals surface area (Å²) in [5.74, 6) is 1.65. The number of rotatable bonds is 4. The Morgan fingerprint density at radius 2 is 1.66 bits per heavy atom. The van der Waals surface area contributed by atoms with Crippen molar-refractivity contribution >= 4 is 28.4 Å². The summed E-state index contributed by atoms with van der Waals surface area (Å²) in [5.41, 5.74) is 6.57. The predicted octanol–water partition coefficient (Wildman–Crippen LogP) is 8.69. The molecule has 2 aromatic heterocycles. The highest BCUT2D eigenvalue weighted by molar-refractivity contribution is 8.00. The van der Waals surface area contributed by atoms with E-state index in [1.54, 1.807) is 0 Å². The highest BCUT2D eigenvalue weighted by Gasteiger charge is 2.38. The number of nitrogens with one attached hydrogen (secondary N) is 2. The molecule has 0 radical (unpaired) electrons. The molecular weight excluding hydrogens is 412 g/mol. The maximum atomic E-state index is 6.46. The van der Waals surface area contributed by atoms with Gasteiger partial charge in [-0.25, -0.2) is 0 Å². The monoisotopic (exact) mass is 452 g/mol. The van der Waals surface area contributed by atoms with E-state index in [0.717, 1.165) is 17.8 Å². The van der Waals surface area contributed by atoms with Crippen LogP contribution in [0.4, 0.5) is 5.69 Å². The van der Waals surface area contributed by atoms with E-state index in [0.29, 0.717) is 11.3 Å². The summed E-state index contributed by atoms with van der Waals surface area (Å²) in [5, 5.41) is 5.38. The van der Waals surface area contributed by atoms with Gasteiger partial charge in [-0.1, -0.05) is 81.0 Å². The van der Waals surface area contributed by atoms with Gasteiger partial charge in [0.1, 0.15) is 5.76 Å². The Balaban J connectivity index is 1.65. The Bertz CT molecular complexity index is 1130. The highest BCUT2D eigenvalue weighted by Crippen LogP contribution is 2.49. The van der Waals surface area contributed by atoms with Gasteiger partial charge in [-0.3, -0.25) is 0 Å². The molecule has 4 heteroatoms. The molecule has 0 bridgehead atoms. The second-order valence-corrected chi connectivity index (χ2v) is 13.7. The van der Waals surface area contributed by atoms with Gasteiger partial charge in [0.25, 0.3) is 0 Å². The zero-order chi connectivity index (χ0) is 23.6. The summed E-state index contributed by atoms with van der Waals surface area (Å²) in [6.07, 6.45) is 5.06. The van der Waals surface area contributed by atoms with Crippen molar-refractivity contribution in [2.75, 3.05) is 5.32 Å². The number of hydrogen-bond acceptors (Lipinski definition) is 3. The average molecular weight is 453 g/mol. The van der Waals surface area contributed by atoms with E-state index < -0.39 is 0 Å². The van der Waals surface area contributed by atoms with Gasteiger partial charge in [0.2, 0.25) is 0 Å². The Labute approximate surface area is 198 Å². The molecule has 174 valence electrons. The van der Waals surface area contributed by atoms with Crippen molar-refractivity contribution in [1.82, 2.24) is 4.98 Å². The third kappa shape index (κ3) is 4.11. The summed E-state index contributed by atoms with van der Waals surface area (Å²) in [7, 11) is 0. The standard InChI is InChI=1S/C28H40N2OS/c1-16(2)17-11-22-20(12-19(17)26(3,4)5)30-23(32-22)13-28(9,10)25-24(27(6,7)8)18-14-29-15-21(18)31-25/h11-12,14-16,23,29-30H,13H2,1-10H3. The van der Waals surface area contributed by atoms with Gasteiger partial charge in [-0.05, 0) is 46.4 Å². The van der Waals surface area contributed by atoms with Crippen LogP contribution in [-0.2, 0) is 16.2 Å². The van der Waals surface area contributed by atoms with Gasteiger partial charge in [0.15, 0.2) is 5.58 Å². The number of benzene rings is 1. The van der Waals surface area contributed by atoms with Crippen LogP contribution in [0.5, 0.6) is 0 Å². The average Bonchev–Trinajstić information content (AvgIpc) is 3.30. The minimum atomic E-state index is -0.0882. The van der Waals surface area contributed by atoms with E-state index in [1.807, 2.05) is 18.0 Å². The van der Waals surface area contributed by atoms with Crippen LogP contribution in [-0.4, -0.2) is 10.4 Å². The second-order valence-electron chi connectivity index (χ2n) is 12.5. The third-order valence-electron chi connectivity index (χ3n) is 6.64. The summed E-state index contributed by atoms with van der Waals surface area (Å²) in [6.45, 7) is 23.1. The van der Waals surface area contributed by atoms with E-state index >= 15 is 0 Å². The molecule has 0 saturated carbocycles. The number of H-pyrrole nitrogens is 1. The first kappa shape index (κ1) is 23.4. The first-order valence-corrected chi connectivity index (χ1v) is 12.8. The lowest BCUT2D eigenvalue weighted by Gasteiger charge is -2.30. The molecule has 0 aliphatic carbocycles. The fourth-order valence-corrected chi connectivity index (χ4v) is 6.50. The van der Waals surface area contributed by atoms with Crippen molar-refractivity contribution in [2.24, 2.45) is 0 Å². The lowest BCUT2D eigenvalue weighted by Crippen LogP contribution is -2.28. The van der Waals surface area contributed by atoms with Crippen LogP contribution in [0, 0.1) is 0 Å². The maximum absolute atomic E-state index is 6.46. The number of aromatic amines is 1. The van der Waals surface area contributed by atoms with Gasteiger partial charge in [0.05, 0.1) is 5.37 Å². The van der Waals surface area contributed by atoms with Gasteiger partial charge < -0.3 is 14.7 Å². The molecule has 1 atom stereocenters. The van der Waals surface area contributed by atoms with Crippen LogP contribution < -0.4 is 5.32 Å². The van der Waals surface area contributed by atoms with Crippen molar-refractivity contribution in [3.63, 3.8) is 0 Å². The number of aromatic nitrogens is 1. The fourth-order valence-electron chi connectivity index (χ4n) is 5.07. The zero-order valence-corrected chi connectivity index (χ0v) is 22.3. The summed E-state index contributed by atoms with van der Waals surface area (Å²) in [4.78, 5) is 4.60. The van der Waals surface area contributed by atoms with Crippen LogP contribution >= 0.6 is 11.8 Å². The van der Waals surface area contributed by atoms with Crippen LogP contribution in [0.25, 0.3) is 11.0 Å². The van der Waals surface area contributed by atoms with E-state index in [4.69, 9.17) is 4.42 Å². The molecule has 0 fully saturated rings. The van der Waals surface area contributed by atoms with Crippen LogP contribution in [0.3, 0.4) is 0 Å². The Kier molecular flexibility index (Phi) is 5.56. The smallest absolute Gasteiger partial charge is 0.152 e. The molecule has 4 rings (SSSR count). The highest BCUT2D eigenvalue weighted by atomic mass is 32.2. The molecule has 1 aliphatic heterocycles. The molecule has 3 heterocycles. The maximum Gasteiger partial charge on any atom is 0.152 e. The molecule has 3 aromatic rings. The van der Waals surface area contributed by atoms with E-state index in [2.05, 4.69) is 97.9 Å². The van der Waals surface area contributed by atoms with Crippen molar-refractivity contribution in [1.29, 1.82) is 0 Å². The normalized spacial score (nSPS) is 17.3. The number of thioether (sulfide) groups is 1. The molecular formula is C28H40N2OS. The molecule has 0 amide bonds. The molecule has 2 N–H and O–H groups in total. The third-order valence-corrected chi connectivity index (χ3v) is 7.80. The predicted molar refractivity (Wildman–Crippen MR) is 139 cm³/mol. The topological polar surface area (TPSA) is 41.0 Å². The lowest BCUT2D eigenvalue weighted by atomic mass is 9.76. The number of fused-ring (bicyclic) bond motifs is 2. The Morgan fingerprint density at radius 1 is 0.969 bits per heavy atom. The van der Waals surface area contributed by atoms with E-state index in [-0.39, 0.29) is 16.2 Å². The lowest BCUT2D eigenvalue weighted by molar-refractivity contribution is 0.365. The Morgan fingerprint density at radius 3 is 2.25 bits per heavy atom. The van der Waals surface area contributed by atoms with Crippen molar-refractivity contribution in [2.45, 2.75) is 108 Å². The zero-order valence-electron chi connectivity index (χ0n) is 21.5.